The van der Waals surface area contributed by atoms with E-state index in [1.807, 2.05) is 0 Å². The fraction of sp³-hybridized carbons (Fsp3) is 0.583. The normalized spacial score (nSPS) is 19.6. The maximum Gasteiger partial charge on any atom is 0.228 e. The lowest BCUT2D eigenvalue weighted by atomic mass is 9.95. The third-order valence-electron chi connectivity index (χ3n) is 3.12. The summed E-state index contributed by atoms with van der Waals surface area (Å²) in [5, 5.41) is 0. The van der Waals surface area contributed by atoms with Gasteiger partial charge in [-0.1, -0.05) is 0 Å². The van der Waals surface area contributed by atoms with Crippen LogP contribution in [-0.4, -0.2) is 36.1 Å². The summed E-state index contributed by atoms with van der Waals surface area (Å²) in [5.74, 6) is 1.26. The van der Waals surface area contributed by atoms with Crippen molar-refractivity contribution in [3.8, 4) is 5.88 Å². The van der Waals surface area contributed by atoms with Crippen LogP contribution in [0.3, 0.4) is 0 Å². The number of nitrogens with zero attached hydrogens (tertiary/aromatic N) is 3. The average molecular weight is 250 g/mol. The van der Waals surface area contributed by atoms with E-state index in [0.717, 1.165) is 25.9 Å². The Bertz CT molecular complexity index is 424. The summed E-state index contributed by atoms with van der Waals surface area (Å²) in [6.45, 7) is 1.68. The molecular weight excluding hydrogens is 232 g/mol. The lowest BCUT2D eigenvalue weighted by Crippen LogP contribution is -2.38. The van der Waals surface area contributed by atoms with Gasteiger partial charge in [-0.05, 0) is 18.8 Å². The Morgan fingerprint density at radius 3 is 3.22 bits per heavy atom. The number of rotatable bonds is 4. The highest BCUT2D eigenvalue weighted by Gasteiger charge is 2.23. The van der Waals surface area contributed by atoms with Crippen LogP contribution in [0.15, 0.2) is 12.3 Å². The SMILES string of the molecule is COc1ccnc(N2CCCC(CC(N)=O)C2)n1. The molecule has 1 aliphatic rings. The molecule has 0 aliphatic carbocycles. The van der Waals surface area contributed by atoms with Gasteiger partial charge in [0.2, 0.25) is 17.7 Å². The first-order chi connectivity index (χ1) is 8.69. The summed E-state index contributed by atoms with van der Waals surface area (Å²) in [5.41, 5.74) is 5.24. The molecule has 1 saturated heterocycles. The third-order valence-corrected chi connectivity index (χ3v) is 3.12. The summed E-state index contributed by atoms with van der Waals surface area (Å²) in [6.07, 6.45) is 4.17. The number of carbonyl (C=O) groups excluding carboxylic acids is 1. The second-order valence-electron chi connectivity index (χ2n) is 4.52. The summed E-state index contributed by atoms with van der Waals surface area (Å²) in [6, 6.07) is 1.72. The van der Waals surface area contributed by atoms with Crippen LogP contribution < -0.4 is 15.4 Å². The predicted molar refractivity (Wildman–Crippen MR) is 67.3 cm³/mol. The molecule has 1 atom stereocenters. The number of aromatic nitrogens is 2. The van der Waals surface area contributed by atoms with Crippen molar-refractivity contribution in [2.24, 2.45) is 11.7 Å². The number of primary amides is 1. The van der Waals surface area contributed by atoms with E-state index >= 15 is 0 Å². The fourth-order valence-corrected chi connectivity index (χ4v) is 2.30. The van der Waals surface area contributed by atoms with E-state index in [9.17, 15) is 4.79 Å². The van der Waals surface area contributed by atoms with Crippen molar-refractivity contribution in [3.05, 3.63) is 12.3 Å². The summed E-state index contributed by atoms with van der Waals surface area (Å²) >= 11 is 0. The minimum absolute atomic E-state index is 0.242. The van der Waals surface area contributed by atoms with Gasteiger partial charge in [-0.2, -0.15) is 4.98 Å². The number of nitrogens with two attached hydrogens (primary N) is 1. The van der Waals surface area contributed by atoms with Crippen LogP contribution in [0.2, 0.25) is 0 Å². The van der Waals surface area contributed by atoms with Gasteiger partial charge in [0.05, 0.1) is 7.11 Å². The van der Waals surface area contributed by atoms with Crippen LogP contribution in [0, 0.1) is 5.92 Å². The van der Waals surface area contributed by atoms with Crippen molar-refractivity contribution < 1.29 is 9.53 Å². The Morgan fingerprint density at radius 2 is 2.50 bits per heavy atom. The maximum atomic E-state index is 11.0. The molecule has 0 saturated carbocycles. The van der Waals surface area contributed by atoms with Crippen LogP contribution in [0.4, 0.5) is 5.95 Å². The van der Waals surface area contributed by atoms with E-state index in [-0.39, 0.29) is 5.91 Å². The Hall–Kier alpha value is -1.85. The van der Waals surface area contributed by atoms with Crippen LogP contribution in [-0.2, 0) is 4.79 Å². The molecule has 6 heteroatoms. The second-order valence-corrected chi connectivity index (χ2v) is 4.52. The number of anilines is 1. The molecule has 1 fully saturated rings. The molecule has 1 unspecified atom stereocenters. The number of methoxy groups -OCH3 is 1. The largest absolute Gasteiger partial charge is 0.481 e. The molecule has 1 amide bonds. The molecule has 1 aromatic rings. The van der Waals surface area contributed by atoms with Crippen molar-refractivity contribution in [1.29, 1.82) is 0 Å². The minimum Gasteiger partial charge on any atom is -0.481 e. The highest BCUT2D eigenvalue weighted by atomic mass is 16.5. The lowest BCUT2D eigenvalue weighted by molar-refractivity contribution is -0.118. The van der Waals surface area contributed by atoms with Gasteiger partial charge in [0.1, 0.15) is 0 Å². The van der Waals surface area contributed by atoms with Gasteiger partial charge in [-0.25, -0.2) is 4.98 Å². The summed E-state index contributed by atoms with van der Waals surface area (Å²) in [4.78, 5) is 21.6. The zero-order chi connectivity index (χ0) is 13.0. The number of carbonyl (C=O) groups is 1. The smallest absolute Gasteiger partial charge is 0.228 e. The number of hydrogen-bond donors (Lipinski definition) is 1. The second kappa shape index (κ2) is 5.66. The van der Waals surface area contributed by atoms with E-state index in [0.29, 0.717) is 24.2 Å². The first kappa shape index (κ1) is 12.6. The topological polar surface area (TPSA) is 81.3 Å². The van der Waals surface area contributed by atoms with Gasteiger partial charge in [-0.3, -0.25) is 4.79 Å². The van der Waals surface area contributed by atoms with Crippen molar-refractivity contribution in [2.75, 3.05) is 25.1 Å². The van der Waals surface area contributed by atoms with Gasteiger partial charge in [-0.15, -0.1) is 0 Å². The first-order valence-electron chi connectivity index (χ1n) is 6.09. The average Bonchev–Trinajstić information content (AvgIpc) is 2.38. The van der Waals surface area contributed by atoms with Crippen LogP contribution in [0.5, 0.6) is 5.88 Å². The molecule has 18 heavy (non-hydrogen) atoms. The number of hydrogen-bond acceptors (Lipinski definition) is 5. The quantitative estimate of drug-likeness (QED) is 0.845. The number of ether oxygens (including phenoxy) is 1. The van der Waals surface area contributed by atoms with Crippen LogP contribution >= 0.6 is 0 Å². The molecular formula is C12H18N4O2. The van der Waals surface area contributed by atoms with Gasteiger partial charge in [0.25, 0.3) is 0 Å². The molecule has 98 valence electrons. The number of piperidine rings is 1. The Morgan fingerprint density at radius 1 is 1.67 bits per heavy atom. The van der Waals surface area contributed by atoms with Crippen molar-refractivity contribution in [1.82, 2.24) is 9.97 Å². The van der Waals surface area contributed by atoms with Gasteiger partial charge in [0, 0.05) is 31.8 Å². The zero-order valence-electron chi connectivity index (χ0n) is 10.5. The molecule has 0 radical (unpaired) electrons. The molecule has 2 heterocycles. The standard InChI is InChI=1S/C12H18N4O2/c1-18-11-4-5-14-12(15-11)16-6-2-3-9(8-16)7-10(13)17/h4-5,9H,2-3,6-8H2,1H3,(H2,13,17). The maximum absolute atomic E-state index is 11.0. The summed E-state index contributed by atoms with van der Waals surface area (Å²) < 4.78 is 5.09. The highest BCUT2D eigenvalue weighted by Crippen LogP contribution is 2.23. The van der Waals surface area contributed by atoms with Gasteiger partial charge >= 0.3 is 0 Å². The Labute approximate surface area is 106 Å². The van der Waals surface area contributed by atoms with E-state index in [1.165, 1.54) is 0 Å². The third kappa shape index (κ3) is 3.09. The van der Waals surface area contributed by atoms with Crippen molar-refractivity contribution in [2.45, 2.75) is 19.3 Å². The van der Waals surface area contributed by atoms with Gasteiger partial charge in [0.15, 0.2) is 0 Å². The molecule has 0 aromatic carbocycles. The van der Waals surface area contributed by atoms with Crippen molar-refractivity contribution in [3.63, 3.8) is 0 Å². The van der Waals surface area contributed by atoms with E-state index < -0.39 is 0 Å². The molecule has 2 rings (SSSR count). The number of amides is 1. The molecule has 6 nitrogen and oxygen atoms in total. The van der Waals surface area contributed by atoms with Crippen LogP contribution in [0.25, 0.3) is 0 Å². The zero-order valence-corrected chi connectivity index (χ0v) is 10.5. The highest BCUT2D eigenvalue weighted by molar-refractivity contribution is 5.74. The monoisotopic (exact) mass is 250 g/mol. The van der Waals surface area contributed by atoms with E-state index in [2.05, 4.69) is 14.9 Å². The molecule has 0 bridgehead atoms. The van der Waals surface area contributed by atoms with Gasteiger partial charge < -0.3 is 15.4 Å². The Kier molecular flexibility index (Phi) is 3.96. The fourth-order valence-electron chi connectivity index (χ4n) is 2.30. The lowest BCUT2D eigenvalue weighted by Gasteiger charge is -2.32. The summed E-state index contributed by atoms with van der Waals surface area (Å²) in [7, 11) is 1.58. The van der Waals surface area contributed by atoms with Crippen molar-refractivity contribution >= 4 is 11.9 Å². The van der Waals surface area contributed by atoms with E-state index in [4.69, 9.17) is 10.5 Å². The molecule has 1 aliphatic heterocycles. The molecule has 1 aromatic heterocycles. The molecule has 2 N–H and O–H groups in total. The first-order valence-corrected chi connectivity index (χ1v) is 6.09. The molecule has 0 spiro atoms. The predicted octanol–water partition coefficient (Wildman–Crippen LogP) is 0.577. The minimum atomic E-state index is -0.242. The van der Waals surface area contributed by atoms with E-state index in [1.54, 1.807) is 19.4 Å². The Balaban J connectivity index is 2.05. The van der Waals surface area contributed by atoms with Crippen LogP contribution in [0.1, 0.15) is 19.3 Å².